The van der Waals surface area contributed by atoms with Gasteiger partial charge in [0, 0.05) is 12.6 Å². The second kappa shape index (κ2) is 6.03. The van der Waals surface area contributed by atoms with Crippen molar-refractivity contribution >= 4 is 0 Å². The molecule has 0 amide bonds. The lowest BCUT2D eigenvalue weighted by molar-refractivity contribution is 0.169. The van der Waals surface area contributed by atoms with Crippen molar-refractivity contribution in [3.8, 4) is 5.75 Å². The van der Waals surface area contributed by atoms with Crippen molar-refractivity contribution in [3.05, 3.63) is 29.8 Å². The van der Waals surface area contributed by atoms with Gasteiger partial charge in [0.25, 0.3) is 0 Å². The number of hydrogen-bond acceptors (Lipinski definition) is 3. The summed E-state index contributed by atoms with van der Waals surface area (Å²) in [6, 6.07) is 8.22. The van der Waals surface area contributed by atoms with E-state index in [0.29, 0.717) is 12.6 Å². The molecule has 1 aromatic carbocycles. The summed E-state index contributed by atoms with van der Waals surface area (Å²) in [5.41, 5.74) is 0.912. The summed E-state index contributed by atoms with van der Waals surface area (Å²) >= 11 is 0. The van der Waals surface area contributed by atoms with Crippen molar-refractivity contribution in [2.75, 3.05) is 13.7 Å². The van der Waals surface area contributed by atoms with E-state index in [1.54, 1.807) is 7.11 Å². The second-order valence-corrected chi connectivity index (χ2v) is 4.68. The number of ether oxygens (including phenoxy) is 1. The number of hydrogen-bond donors (Lipinski definition) is 2. The van der Waals surface area contributed by atoms with E-state index in [0.717, 1.165) is 11.3 Å². The van der Waals surface area contributed by atoms with E-state index in [-0.39, 0.29) is 0 Å². The molecular formula is C14H21NO2. The third kappa shape index (κ3) is 3.45. The molecule has 0 aromatic heterocycles. The fourth-order valence-electron chi connectivity index (χ4n) is 2.37. The van der Waals surface area contributed by atoms with Crippen LogP contribution in [0.1, 0.15) is 37.4 Å². The maximum absolute atomic E-state index is 10.1. The topological polar surface area (TPSA) is 41.5 Å². The first-order chi connectivity index (χ1) is 8.29. The largest absolute Gasteiger partial charge is 0.497 e. The van der Waals surface area contributed by atoms with Crippen LogP contribution in [0.25, 0.3) is 0 Å². The molecule has 0 bridgehead atoms. The molecule has 0 spiro atoms. The van der Waals surface area contributed by atoms with E-state index in [9.17, 15) is 5.11 Å². The van der Waals surface area contributed by atoms with Gasteiger partial charge in [-0.05, 0) is 30.5 Å². The third-order valence-corrected chi connectivity index (χ3v) is 3.43. The van der Waals surface area contributed by atoms with Crippen molar-refractivity contribution < 1.29 is 9.84 Å². The first-order valence-electron chi connectivity index (χ1n) is 6.35. The van der Waals surface area contributed by atoms with Crippen LogP contribution in [0.4, 0.5) is 0 Å². The Kier molecular flexibility index (Phi) is 4.40. The summed E-state index contributed by atoms with van der Waals surface area (Å²) in [4.78, 5) is 0. The second-order valence-electron chi connectivity index (χ2n) is 4.68. The van der Waals surface area contributed by atoms with E-state index >= 15 is 0 Å². The first kappa shape index (κ1) is 12.4. The van der Waals surface area contributed by atoms with Crippen LogP contribution >= 0.6 is 0 Å². The van der Waals surface area contributed by atoms with Gasteiger partial charge in [0.1, 0.15) is 5.75 Å². The van der Waals surface area contributed by atoms with E-state index < -0.39 is 6.10 Å². The van der Waals surface area contributed by atoms with Gasteiger partial charge >= 0.3 is 0 Å². The Hall–Kier alpha value is -1.06. The number of benzene rings is 1. The Labute approximate surface area is 103 Å². The van der Waals surface area contributed by atoms with Crippen molar-refractivity contribution in [3.63, 3.8) is 0 Å². The van der Waals surface area contributed by atoms with Crippen LogP contribution in [0.3, 0.4) is 0 Å². The van der Waals surface area contributed by atoms with E-state index in [1.807, 2.05) is 24.3 Å². The summed E-state index contributed by atoms with van der Waals surface area (Å²) in [5.74, 6) is 0.794. The number of aliphatic hydroxyl groups excluding tert-OH is 1. The summed E-state index contributed by atoms with van der Waals surface area (Å²) in [6.45, 7) is 0.623. The molecule has 1 fully saturated rings. The van der Waals surface area contributed by atoms with Gasteiger partial charge in [-0.15, -0.1) is 0 Å². The van der Waals surface area contributed by atoms with Crippen LogP contribution < -0.4 is 10.1 Å². The highest BCUT2D eigenvalue weighted by atomic mass is 16.5. The summed E-state index contributed by atoms with van der Waals surface area (Å²) in [5, 5.41) is 13.5. The lowest BCUT2D eigenvalue weighted by Gasteiger charge is -2.16. The normalized spacial score (nSPS) is 18.2. The molecule has 1 aromatic rings. The minimum atomic E-state index is -0.453. The Morgan fingerprint density at radius 3 is 2.88 bits per heavy atom. The zero-order valence-electron chi connectivity index (χ0n) is 10.4. The van der Waals surface area contributed by atoms with Gasteiger partial charge in [0.05, 0.1) is 13.2 Å². The molecule has 1 atom stereocenters. The molecule has 1 saturated carbocycles. The Balaban J connectivity index is 1.87. The minimum Gasteiger partial charge on any atom is -0.497 e. The lowest BCUT2D eigenvalue weighted by Crippen LogP contribution is -2.30. The highest BCUT2D eigenvalue weighted by Crippen LogP contribution is 2.21. The SMILES string of the molecule is COc1cccc(C(O)CNC2CCCC2)c1. The average Bonchev–Trinajstić information content (AvgIpc) is 2.89. The van der Waals surface area contributed by atoms with Crippen LogP contribution in [0, 0.1) is 0 Å². The van der Waals surface area contributed by atoms with E-state index in [2.05, 4.69) is 5.32 Å². The first-order valence-corrected chi connectivity index (χ1v) is 6.35. The maximum Gasteiger partial charge on any atom is 0.119 e. The Morgan fingerprint density at radius 1 is 1.41 bits per heavy atom. The molecule has 2 rings (SSSR count). The zero-order valence-corrected chi connectivity index (χ0v) is 10.4. The molecular weight excluding hydrogens is 214 g/mol. The van der Waals surface area contributed by atoms with Gasteiger partial charge in [-0.1, -0.05) is 25.0 Å². The molecule has 1 aliphatic carbocycles. The lowest BCUT2D eigenvalue weighted by atomic mass is 10.1. The predicted molar refractivity (Wildman–Crippen MR) is 68.2 cm³/mol. The van der Waals surface area contributed by atoms with Crippen LogP contribution in [0.5, 0.6) is 5.75 Å². The molecule has 17 heavy (non-hydrogen) atoms. The standard InChI is InChI=1S/C14H21NO2/c1-17-13-8-4-5-11(9-13)14(16)10-15-12-6-2-3-7-12/h4-5,8-9,12,14-16H,2-3,6-7,10H2,1H3. The van der Waals surface area contributed by atoms with Crippen LogP contribution in [-0.4, -0.2) is 24.8 Å². The van der Waals surface area contributed by atoms with Crippen molar-refractivity contribution in [2.24, 2.45) is 0 Å². The number of aliphatic hydroxyl groups is 1. The van der Waals surface area contributed by atoms with Crippen molar-refractivity contribution in [1.29, 1.82) is 0 Å². The Morgan fingerprint density at radius 2 is 2.18 bits per heavy atom. The van der Waals surface area contributed by atoms with Gasteiger partial charge < -0.3 is 15.2 Å². The highest BCUT2D eigenvalue weighted by molar-refractivity contribution is 5.29. The maximum atomic E-state index is 10.1. The van der Waals surface area contributed by atoms with Gasteiger partial charge in [0.15, 0.2) is 0 Å². The highest BCUT2D eigenvalue weighted by Gasteiger charge is 2.16. The molecule has 3 heteroatoms. The molecule has 94 valence electrons. The van der Waals surface area contributed by atoms with Crippen LogP contribution in [0.2, 0.25) is 0 Å². The van der Waals surface area contributed by atoms with Gasteiger partial charge in [-0.2, -0.15) is 0 Å². The smallest absolute Gasteiger partial charge is 0.119 e. The fourth-order valence-corrected chi connectivity index (χ4v) is 2.37. The minimum absolute atomic E-state index is 0.453. The van der Waals surface area contributed by atoms with Crippen molar-refractivity contribution in [2.45, 2.75) is 37.8 Å². The molecule has 1 unspecified atom stereocenters. The molecule has 0 aliphatic heterocycles. The van der Waals surface area contributed by atoms with Gasteiger partial charge in [0.2, 0.25) is 0 Å². The molecule has 0 radical (unpaired) electrons. The van der Waals surface area contributed by atoms with Crippen LogP contribution in [-0.2, 0) is 0 Å². The number of rotatable bonds is 5. The Bertz CT molecular complexity index is 348. The molecule has 0 heterocycles. The summed E-state index contributed by atoms with van der Waals surface area (Å²) in [6.07, 6.45) is 4.65. The molecule has 1 aliphatic rings. The van der Waals surface area contributed by atoms with Crippen LogP contribution in [0.15, 0.2) is 24.3 Å². The fraction of sp³-hybridized carbons (Fsp3) is 0.571. The summed E-state index contributed by atoms with van der Waals surface area (Å²) in [7, 11) is 1.64. The number of methoxy groups -OCH3 is 1. The average molecular weight is 235 g/mol. The zero-order chi connectivity index (χ0) is 12.1. The van der Waals surface area contributed by atoms with E-state index in [4.69, 9.17) is 4.74 Å². The molecule has 3 nitrogen and oxygen atoms in total. The van der Waals surface area contributed by atoms with Gasteiger partial charge in [-0.25, -0.2) is 0 Å². The quantitative estimate of drug-likeness (QED) is 0.822. The van der Waals surface area contributed by atoms with Gasteiger partial charge in [-0.3, -0.25) is 0 Å². The third-order valence-electron chi connectivity index (χ3n) is 3.43. The molecule has 2 N–H and O–H groups in total. The monoisotopic (exact) mass is 235 g/mol. The van der Waals surface area contributed by atoms with Crippen molar-refractivity contribution in [1.82, 2.24) is 5.32 Å². The summed E-state index contributed by atoms with van der Waals surface area (Å²) < 4.78 is 5.15. The predicted octanol–water partition coefficient (Wildman–Crippen LogP) is 2.26. The van der Waals surface area contributed by atoms with E-state index in [1.165, 1.54) is 25.7 Å². The number of nitrogens with one attached hydrogen (secondary N) is 1. The molecule has 0 saturated heterocycles.